The molecule has 0 spiro atoms. The molecule has 2 rings (SSSR count). The zero-order chi connectivity index (χ0) is 14.9. The van der Waals surface area contributed by atoms with Gasteiger partial charge in [0.05, 0.1) is 0 Å². The van der Waals surface area contributed by atoms with Gasteiger partial charge in [0.25, 0.3) is 0 Å². The smallest absolute Gasteiger partial charge is 0.0236 e. The standard InChI is InChI=1S/C19H32N2/c1-2-17-10-12-18(13-11-17)16-21(15-7-14-20)19-8-5-3-4-6-9-19/h10-13,19H,2-9,14-16,20H2,1H3. The van der Waals surface area contributed by atoms with Gasteiger partial charge in [-0.05, 0) is 49.9 Å². The van der Waals surface area contributed by atoms with Gasteiger partial charge >= 0.3 is 0 Å². The summed E-state index contributed by atoms with van der Waals surface area (Å²) >= 11 is 0. The van der Waals surface area contributed by atoms with Crippen LogP contribution in [-0.2, 0) is 13.0 Å². The SMILES string of the molecule is CCc1ccc(CN(CCCN)C2CCCCCC2)cc1. The summed E-state index contributed by atoms with van der Waals surface area (Å²) in [6.45, 7) is 5.26. The topological polar surface area (TPSA) is 29.3 Å². The fourth-order valence-electron chi connectivity index (χ4n) is 3.42. The number of benzene rings is 1. The predicted molar refractivity (Wildman–Crippen MR) is 91.4 cm³/mol. The van der Waals surface area contributed by atoms with Crippen molar-refractivity contribution in [1.82, 2.24) is 4.90 Å². The Balaban J connectivity index is 1.99. The molecule has 1 aromatic carbocycles. The van der Waals surface area contributed by atoms with E-state index in [1.807, 2.05) is 0 Å². The van der Waals surface area contributed by atoms with E-state index in [-0.39, 0.29) is 0 Å². The van der Waals surface area contributed by atoms with E-state index in [2.05, 4.69) is 36.1 Å². The summed E-state index contributed by atoms with van der Waals surface area (Å²) in [6.07, 6.45) is 10.6. The van der Waals surface area contributed by atoms with Gasteiger partial charge in [0.15, 0.2) is 0 Å². The maximum atomic E-state index is 5.74. The molecule has 1 aliphatic carbocycles. The molecule has 0 amide bonds. The summed E-state index contributed by atoms with van der Waals surface area (Å²) in [4.78, 5) is 2.69. The summed E-state index contributed by atoms with van der Waals surface area (Å²) < 4.78 is 0. The zero-order valence-corrected chi connectivity index (χ0v) is 13.7. The third kappa shape index (κ3) is 5.44. The van der Waals surface area contributed by atoms with Gasteiger partial charge in [-0.2, -0.15) is 0 Å². The minimum atomic E-state index is 0.768. The second-order valence-corrected chi connectivity index (χ2v) is 6.43. The van der Waals surface area contributed by atoms with Crippen molar-refractivity contribution in [2.75, 3.05) is 13.1 Å². The summed E-state index contributed by atoms with van der Waals surface area (Å²) in [5.74, 6) is 0. The van der Waals surface area contributed by atoms with Crippen LogP contribution in [0.4, 0.5) is 0 Å². The van der Waals surface area contributed by atoms with Crippen LogP contribution >= 0.6 is 0 Å². The second-order valence-electron chi connectivity index (χ2n) is 6.43. The third-order valence-corrected chi connectivity index (χ3v) is 4.81. The van der Waals surface area contributed by atoms with Crippen molar-refractivity contribution in [1.29, 1.82) is 0 Å². The van der Waals surface area contributed by atoms with Crippen molar-refractivity contribution in [3.63, 3.8) is 0 Å². The molecule has 0 radical (unpaired) electrons. The first-order chi connectivity index (χ1) is 10.3. The first-order valence-corrected chi connectivity index (χ1v) is 8.85. The van der Waals surface area contributed by atoms with E-state index in [4.69, 9.17) is 5.73 Å². The molecule has 0 unspecified atom stereocenters. The summed E-state index contributed by atoms with van der Waals surface area (Å²) in [5.41, 5.74) is 8.63. The van der Waals surface area contributed by atoms with Crippen molar-refractivity contribution in [3.8, 4) is 0 Å². The maximum Gasteiger partial charge on any atom is 0.0236 e. The zero-order valence-electron chi connectivity index (χ0n) is 13.7. The highest BCUT2D eigenvalue weighted by atomic mass is 15.1. The largest absolute Gasteiger partial charge is 0.330 e. The van der Waals surface area contributed by atoms with Crippen LogP contribution in [0.1, 0.15) is 63.0 Å². The summed E-state index contributed by atoms with van der Waals surface area (Å²) in [5, 5.41) is 0. The number of rotatable bonds is 7. The molecule has 21 heavy (non-hydrogen) atoms. The molecule has 0 saturated heterocycles. The molecule has 0 heterocycles. The molecule has 1 saturated carbocycles. The molecule has 0 aromatic heterocycles. The van der Waals surface area contributed by atoms with Crippen molar-refractivity contribution < 1.29 is 0 Å². The van der Waals surface area contributed by atoms with Crippen molar-refractivity contribution in [3.05, 3.63) is 35.4 Å². The van der Waals surface area contributed by atoms with Gasteiger partial charge in [-0.15, -0.1) is 0 Å². The maximum absolute atomic E-state index is 5.74. The molecule has 2 heteroatoms. The average molecular weight is 288 g/mol. The molecule has 1 aliphatic rings. The highest BCUT2D eigenvalue weighted by Gasteiger charge is 2.19. The van der Waals surface area contributed by atoms with E-state index in [1.165, 1.54) is 49.7 Å². The van der Waals surface area contributed by atoms with Crippen LogP contribution in [0, 0.1) is 0 Å². The first kappa shape index (κ1) is 16.5. The van der Waals surface area contributed by atoms with Crippen LogP contribution in [0.3, 0.4) is 0 Å². The van der Waals surface area contributed by atoms with Crippen LogP contribution in [0.15, 0.2) is 24.3 Å². The van der Waals surface area contributed by atoms with E-state index in [1.54, 1.807) is 0 Å². The van der Waals surface area contributed by atoms with Crippen LogP contribution in [0.25, 0.3) is 0 Å². The van der Waals surface area contributed by atoms with E-state index in [0.717, 1.165) is 38.5 Å². The third-order valence-electron chi connectivity index (χ3n) is 4.81. The van der Waals surface area contributed by atoms with Crippen LogP contribution < -0.4 is 5.73 Å². The monoisotopic (exact) mass is 288 g/mol. The average Bonchev–Trinajstić information content (AvgIpc) is 2.81. The van der Waals surface area contributed by atoms with Gasteiger partial charge in [-0.25, -0.2) is 0 Å². The molecule has 1 aromatic rings. The van der Waals surface area contributed by atoms with Crippen molar-refractivity contribution in [2.24, 2.45) is 5.73 Å². The van der Waals surface area contributed by atoms with Gasteiger partial charge in [0.2, 0.25) is 0 Å². The fraction of sp³-hybridized carbons (Fsp3) is 0.684. The van der Waals surface area contributed by atoms with Gasteiger partial charge in [-0.3, -0.25) is 4.90 Å². The second kappa shape index (κ2) is 9.22. The van der Waals surface area contributed by atoms with E-state index in [9.17, 15) is 0 Å². The Morgan fingerprint density at radius 3 is 2.19 bits per heavy atom. The van der Waals surface area contributed by atoms with E-state index in [0.29, 0.717) is 0 Å². The predicted octanol–water partition coefficient (Wildman–Crippen LogP) is 4.12. The lowest BCUT2D eigenvalue weighted by Gasteiger charge is -2.31. The Hall–Kier alpha value is -0.860. The Bertz CT molecular complexity index is 377. The Kier molecular flexibility index (Phi) is 7.25. The molecule has 0 atom stereocenters. The molecular formula is C19H32N2. The highest BCUT2D eigenvalue weighted by molar-refractivity contribution is 5.22. The van der Waals surface area contributed by atoms with Crippen LogP contribution in [-0.4, -0.2) is 24.0 Å². The molecule has 0 aliphatic heterocycles. The highest BCUT2D eigenvalue weighted by Crippen LogP contribution is 2.23. The Labute approximate surface area is 130 Å². The van der Waals surface area contributed by atoms with Crippen molar-refractivity contribution in [2.45, 2.75) is 70.9 Å². The molecular weight excluding hydrogens is 256 g/mol. The van der Waals surface area contributed by atoms with Crippen LogP contribution in [0.2, 0.25) is 0 Å². The van der Waals surface area contributed by atoms with Gasteiger partial charge in [-0.1, -0.05) is 56.9 Å². The van der Waals surface area contributed by atoms with E-state index < -0.39 is 0 Å². The summed E-state index contributed by atoms with van der Waals surface area (Å²) in [7, 11) is 0. The van der Waals surface area contributed by atoms with E-state index >= 15 is 0 Å². The number of nitrogens with zero attached hydrogens (tertiary/aromatic N) is 1. The number of hydrogen-bond acceptors (Lipinski definition) is 2. The van der Waals surface area contributed by atoms with Gasteiger partial charge in [0, 0.05) is 12.6 Å². The number of aryl methyl sites for hydroxylation is 1. The first-order valence-electron chi connectivity index (χ1n) is 8.85. The minimum Gasteiger partial charge on any atom is -0.330 e. The van der Waals surface area contributed by atoms with Crippen molar-refractivity contribution >= 4 is 0 Å². The summed E-state index contributed by atoms with van der Waals surface area (Å²) in [6, 6.07) is 9.95. The Morgan fingerprint density at radius 2 is 1.62 bits per heavy atom. The quantitative estimate of drug-likeness (QED) is 0.765. The molecule has 2 nitrogen and oxygen atoms in total. The molecule has 2 N–H and O–H groups in total. The number of nitrogens with two attached hydrogens (primary N) is 1. The lowest BCUT2D eigenvalue weighted by molar-refractivity contribution is 0.169. The van der Waals surface area contributed by atoms with Gasteiger partial charge in [0.1, 0.15) is 0 Å². The van der Waals surface area contributed by atoms with Crippen LogP contribution in [0.5, 0.6) is 0 Å². The Morgan fingerprint density at radius 1 is 1.00 bits per heavy atom. The minimum absolute atomic E-state index is 0.768. The number of hydrogen-bond donors (Lipinski definition) is 1. The molecule has 118 valence electrons. The normalized spacial score (nSPS) is 17.1. The fourth-order valence-corrected chi connectivity index (χ4v) is 3.42. The lowest BCUT2D eigenvalue weighted by Crippen LogP contribution is -2.36. The molecule has 0 bridgehead atoms. The molecule has 1 fully saturated rings. The van der Waals surface area contributed by atoms with Gasteiger partial charge < -0.3 is 5.73 Å². The lowest BCUT2D eigenvalue weighted by atomic mass is 10.0.